The monoisotopic (exact) mass is 479 g/mol. The van der Waals surface area contributed by atoms with E-state index in [9.17, 15) is 22.7 Å². The molecule has 0 spiro atoms. The molecule has 3 aromatic carbocycles. The summed E-state index contributed by atoms with van der Waals surface area (Å²) in [5, 5.41) is 13.6. The Bertz CT molecular complexity index is 1480. The number of aliphatic carboxylic acids is 1. The number of rotatable bonds is 5. The lowest BCUT2D eigenvalue weighted by atomic mass is 9.90. The Balaban J connectivity index is 1.52. The molecule has 0 amide bonds. The molecule has 5 rings (SSSR count). The van der Waals surface area contributed by atoms with Crippen LogP contribution in [0.2, 0.25) is 0 Å². The SMILES string of the molecule is CN(c1ccc(C2NC(C(=O)O)Cc3c2[nH]c2cc(F)ccc32)cc1)S(=O)(=O)c1ccccc1. The molecule has 0 fully saturated rings. The molecule has 1 aromatic heterocycles. The number of hydrogen-bond acceptors (Lipinski definition) is 4. The van der Waals surface area contributed by atoms with Gasteiger partial charge in [-0.15, -0.1) is 0 Å². The van der Waals surface area contributed by atoms with Gasteiger partial charge in [0.2, 0.25) is 0 Å². The van der Waals surface area contributed by atoms with Gasteiger partial charge in [0, 0.05) is 30.1 Å². The molecule has 7 nitrogen and oxygen atoms in total. The maximum atomic E-state index is 13.8. The molecule has 4 aromatic rings. The van der Waals surface area contributed by atoms with Gasteiger partial charge in [-0.05, 0) is 53.6 Å². The largest absolute Gasteiger partial charge is 0.480 e. The lowest BCUT2D eigenvalue weighted by molar-refractivity contribution is -0.139. The van der Waals surface area contributed by atoms with E-state index in [0.717, 1.165) is 22.2 Å². The van der Waals surface area contributed by atoms with Crippen molar-refractivity contribution in [2.75, 3.05) is 11.4 Å². The zero-order valence-corrected chi connectivity index (χ0v) is 19.0. The summed E-state index contributed by atoms with van der Waals surface area (Å²) in [7, 11) is -2.23. The first-order valence-electron chi connectivity index (χ1n) is 10.7. The van der Waals surface area contributed by atoms with Crippen LogP contribution in [0.4, 0.5) is 10.1 Å². The topological polar surface area (TPSA) is 102 Å². The second kappa shape index (κ2) is 8.27. The first-order chi connectivity index (χ1) is 16.3. The molecule has 0 radical (unpaired) electrons. The standard InChI is InChI=1S/C25H22FN3O4S/c1-29(34(32,33)18-5-3-2-4-6-18)17-10-7-15(8-11-17)23-24-20(14-22(28-23)25(30)31)19-12-9-16(26)13-21(19)27-24/h2-13,22-23,27-28H,14H2,1H3,(H,30,31). The molecule has 34 heavy (non-hydrogen) atoms. The number of sulfonamides is 1. The quantitative estimate of drug-likeness (QED) is 0.404. The number of aromatic amines is 1. The number of halogens is 1. The number of H-pyrrole nitrogens is 1. The van der Waals surface area contributed by atoms with E-state index in [2.05, 4.69) is 10.3 Å². The molecule has 1 aliphatic rings. The number of fused-ring (bicyclic) bond motifs is 3. The van der Waals surface area contributed by atoms with Crippen LogP contribution in [0.5, 0.6) is 0 Å². The molecule has 0 aliphatic carbocycles. The van der Waals surface area contributed by atoms with Gasteiger partial charge in [-0.1, -0.05) is 30.3 Å². The van der Waals surface area contributed by atoms with Crippen molar-refractivity contribution in [3.63, 3.8) is 0 Å². The summed E-state index contributed by atoms with van der Waals surface area (Å²) in [4.78, 5) is 15.3. The Labute approximate surface area is 195 Å². The highest BCUT2D eigenvalue weighted by Crippen LogP contribution is 2.36. The van der Waals surface area contributed by atoms with E-state index < -0.39 is 28.1 Å². The van der Waals surface area contributed by atoms with Crippen molar-refractivity contribution in [2.45, 2.75) is 23.4 Å². The first kappa shape index (κ1) is 22.1. The van der Waals surface area contributed by atoms with E-state index in [0.29, 0.717) is 11.2 Å². The predicted molar refractivity (Wildman–Crippen MR) is 127 cm³/mol. The van der Waals surface area contributed by atoms with Gasteiger partial charge in [0.25, 0.3) is 10.0 Å². The van der Waals surface area contributed by atoms with E-state index in [-0.39, 0.29) is 17.1 Å². The third-order valence-corrected chi connectivity index (χ3v) is 8.06. The number of carboxylic acid groups (broad SMARTS) is 1. The molecule has 0 saturated heterocycles. The number of nitrogens with one attached hydrogen (secondary N) is 2. The van der Waals surface area contributed by atoms with E-state index in [1.165, 1.54) is 23.5 Å². The van der Waals surface area contributed by atoms with Gasteiger partial charge >= 0.3 is 5.97 Å². The van der Waals surface area contributed by atoms with Gasteiger partial charge in [0.05, 0.1) is 16.6 Å². The number of carboxylic acids is 1. The fourth-order valence-corrected chi connectivity index (χ4v) is 5.67. The number of benzene rings is 3. The summed E-state index contributed by atoms with van der Waals surface area (Å²) in [6.07, 6.45) is 0.267. The van der Waals surface area contributed by atoms with Crippen molar-refractivity contribution in [3.8, 4) is 0 Å². The zero-order valence-electron chi connectivity index (χ0n) is 18.2. The predicted octanol–water partition coefficient (Wildman–Crippen LogP) is 3.82. The van der Waals surface area contributed by atoms with Crippen molar-refractivity contribution in [1.82, 2.24) is 10.3 Å². The fourth-order valence-electron chi connectivity index (χ4n) is 4.45. The van der Waals surface area contributed by atoms with E-state index >= 15 is 0 Å². The van der Waals surface area contributed by atoms with Crippen LogP contribution in [-0.2, 0) is 21.2 Å². The van der Waals surface area contributed by atoms with Gasteiger partial charge in [-0.25, -0.2) is 12.8 Å². The van der Waals surface area contributed by atoms with Gasteiger partial charge in [-0.2, -0.15) is 0 Å². The Morgan fingerprint density at radius 1 is 1.06 bits per heavy atom. The molecule has 3 N–H and O–H groups in total. The minimum absolute atomic E-state index is 0.190. The van der Waals surface area contributed by atoms with Gasteiger partial charge < -0.3 is 10.1 Å². The summed E-state index contributed by atoms with van der Waals surface area (Å²) < 4.78 is 40.9. The van der Waals surface area contributed by atoms with Crippen LogP contribution in [0.15, 0.2) is 77.7 Å². The molecule has 2 atom stereocenters. The van der Waals surface area contributed by atoms with Crippen LogP contribution in [0.1, 0.15) is 22.9 Å². The smallest absolute Gasteiger partial charge is 0.321 e. The molecular weight excluding hydrogens is 457 g/mol. The average molecular weight is 480 g/mol. The molecular formula is C25H22FN3O4S. The number of carbonyl (C=O) groups is 1. The second-order valence-corrected chi connectivity index (χ2v) is 10.2. The Kier molecular flexibility index (Phi) is 5.38. The molecule has 2 unspecified atom stereocenters. The first-order valence-corrected chi connectivity index (χ1v) is 12.1. The maximum Gasteiger partial charge on any atom is 0.321 e. The van der Waals surface area contributed by atoms with Crippen LogP contribution < -0.4 is 9.62 Å². The minimum Gasteiger partial charge on any atom is -0.480 e. The van der Waals surface area contributed by atoms with Crippen LogP contribution in [-0.4, -0.2) is 37.6 Å². The Morgan fingerprint density at radius 3 is 2.44 bits per heavy atom. The van der Waals surface area contributed by atoms with Gasteiger partial charge in [0.1, 0.15) is 11.9 Å². The highest BCUT2D eigenvalue weighted by molar-refractivity contribution is 7.92. The minimum atomic E-state index is -3.72. The van der Waals surface area contributed by atoms with E-state index in [1.54, 1.807) is 60.7 Å². The van der Waals surface area contributed by atoms with Gasteiger partial charge in [0.15, 0.2) is 0 Å². The summed E-state index contributed by atoms with van der Waals surface area (Å²) in [5.74, 6) is -1.35. The van der Waals surface area contributed by atoms with Crippen LogP contribution >= 0.6 is 0 Å². The fraction of sp³-hybridized carbons (Fsp3) is 0.160. The number of hydrogen-bond donors (Lipinski definition) is 3. The van der Waals surface area contributed by atoms with Crippen LogP contribution in [0.25, 0.3) is 10.9 Å². The Morgan fingerprint density at radius 2 is 1.76 bits per heavy atom. The summed E-state index contributed by atoms with van der Waals surface area (Å²) >= 11 is 0. The Hall–Kier alpha value is -3.69. The number of anilines is 1. The molecule has 174 valence electrons. The van der Waals surface area contributed by atoms with Crippen molar-refractivity contribution in [3.05, 3.63) is 95.4 Å². The summed E-state index contributed by atoms with van der Waals surface area (Å²) in [6.45, 7) is 0. The van der Waals surface area contributed by atoms with Crippen LogP contribution in [0, 0.1) is 5.82 Å². The second-order valence-electron chi connectivity index (χ2n) is 8.28. The molecule has 2 heterocycles. The van der Waals surface area contributed by atoms with E-state index in [1.807, 2.05) is 0 Å². The lowest BCUT2D eigenvalue weighted by Crippen LogP contribution is -2.44. The summed E-state index contributed by atoms with van der Waals surface area (Å²) in [5.41, 5.74) is 3.44. The zero-order chi connectivity index (χ0) is 24.0. The average Bonchev–Trinajstić information content (AvgIpc) is 3.21. The normalized spacial score (nSPS) is 17.9. The van der Waals surface area contributed by atoms with Crippen LogP contribution in [0.3, 0.4) is 0 Å². The van der Waals surface area contributed by atoms with Crippen molar-refractivity contribution in [1.29, 1.82) is 0 Å². The third-order valence-electron chi connectivity index (χ3n) is 6.26. The number of nitrogens with zero attached hydrogens (tertiary/aromatic N) is 1. The maximum absolute atomic E-state index is 13.8. The molecule has 9 heteroatoms. The number of aromatic nitrogens is 1. The third kappa shape index (κ3) is 3.72. The van der Waals surface area contributed by atoms with Gasteiger partial charge in [-0.3, -0.25) is 14.4 Å². The van der Waals surface area contributed by atoms with Crippen molar-refractivity contribution in [2.24, 2.45) is 0 Å². The lowest BCUT2D eigenvalue weighted by Gasteiger charge is -2.30. The van der Waals surface area contributed by atoms with E-state index in [4.69, 9.17) is 0 Å². The summed E-state index contributed by atoms with van der Waals surface area (Å²) in [6, 6.07) is 18.2. The van der Waals surface area contributed by atoms with Crippen molar-refractivity contribution >= 4 is 32.6 Å². The molecule has 0 bridgehead atoms. The molecule has 0 saturated carbocycles. The highest BCUT2D eigenvalue weighted by Gasteiger charge is 2.34. The molecule has 1 aliphatic heterocycles. The van der Waals surface area contributed by atoms with Crippen molar-refractivity contribution < 1.29 is 22.7 Å². The highest BCUT2D eigenvalue weighted by atomic mass is 32.2.